The second-order valence-corrected chi connectivity index (χ2v) is 6.83. The topological polar surface area (TPSA) is 110 Å². The van der Waals surface area contributed by atoms with E-state index in [1.165, 1.54) is 12.1 Å². The van der Waals surface area contributed by atoms with Crippen molar-refractivity contribution < 1.29 is 22.8 Å². The predicted octanol–water partition coefficient (Wildman–Crippen LogP) is 1.92. The average Bonchev–Trinajstić information content (AvgIpc) is 2.82. The second-order valence-electron chi connectivity index (χ2n) is 4.21. The molecule has 0 aliphatic rings. The van der Waals surface area contributed by atoms with Gasteiger partial charge in [0.2, 0.25) is 10.0 Å². The molecule has 1 aromatic heterocycles. The van der Waals surface area contributed by atoms with Gasteiger partial charge in [0.25, 0.3) is 0 Å². The molecule has 0 saturated carbocycles. The average molecular weight is 375 g/mol. The summed E-state index contributed by atoms with van der Waals surface area (Å²) in [5.41, 5.74) is 0.509. The van der Waals surface area contributed by atoms with E-state index in [0.29, 0.717) is 15.9 Å². The van der Waals surface area contributed by atoms with E-state index in [4.69, 9.17) is 9.63 Å². The lowest BCUT2D eigenvalue weighted by atomic mass is 10.2. The van der Waals surface area contributed by atoms with Gasteiger partial charge in [-0.2, -0.15) is 0 Å². The highest BCUT2D eigenvalue weighted by Crippen LogP contribution is 2.21. The molecule has 0 spiro atoms. The number of sulfonamides is 1. The number of carboxylic acid groups (broad SMARTS) is 1. The molecule has 0 bridgehead atoms. The van der Waals surface area contributed by atoms with Crippen LogP contribution in [0.25, 0.3) is 0 Å². The van der Waals surface area contributed by atoms with Crippen molar-refractivity contribution in [3.05, 3.63) is 45.8 Å². The zero-order valence-electron chi connectivity index (χ0n) is 10.8. The first kappa shape index (κ1) is 15.7. The molecule has 0 aliphatic heterocycles. The molecular weight excluding hydrogens is 364 g/mol. The van der Waals surface area contributed by atoms with E-state index in [0.717, 1.165) is 6.07 Å². The molecular formula is C12H11BrN2O5S. The minimum absolute atomic E-state index is 0.0678. The molecule has 0 atom stereocenters. The van der Waals surface area contributed by atoms with Gasteiger partial charge in [0.1, 0.15) is 0 Å². The Morgan fingerprint density at radius 2 is 2.14 bits per heavy atom. The quantitative estimate of drug-likeness (QED) is 0.827. The van der Waals surface area contributed by atoms with Crippen molar-refractivity contribution in [3.63, 3.8) is 0 Å². The van der Waals surface area contributed by atoms with Crippen LogP contribution in [0.5, 0.6) is 0 Å². The fourth-order valence-corrected chi connectivity index (χ4v) is 3.02. The Balaban J connectivity index is 2.23. The first-order valence-electron chi connectivity index (χ1n) is 5.74. The molecule has 9 heteroatoms. The molecule has 2 rings (SSSR count). The van der Waals surface area contributed by atoms with Crippen LogP contribution in [0.3, 0.4) is 0 Å². The van der Waals surface area contributed by atoms with Crippen molar-refractivity contribution in [2.45, 2.75) is 18.4 Å². The third-order valence-corrected chi connectivity index (χ3v) is 4.68. The number of nitrogens with zero attached hydrogens (tertiary/aromatic N) is 1. The Kier molecular flexibility index (Phi) is 4.45. The van der Waals surface area contributed by atoms with Crippen LogP contribution in [-0.4, -0.2) is 24.7 Å². The van der Waals surface area contributed by atoms with Crippen molar-refractivity contribution in [2.75, 3.05) is 0 Å². The summed E-state index contributed by atoms with van der Waals surface area (Å²) in [4.78, 5) is 10.9. The molecule has 1 aromatic carbocycles. The predicted molar refractivity (Wildman–Crippen MR) is 76.4 cm³/mol. The van der Waals surface area contributed by atoms with Crippen LogP contribution < -0.4 is 4.72 Å². The molecule has 112 valence electrons. The summed E-state index contributed by atoms with van der Waals surface area (Å²) in [5, 5.41) is 12.6. The number of aromatic nitrogens is 1. The van der Waals surface area contributed by atoms with E-state index in [1.54, 1.807) is 13.0 Å². The highest BCUT2D eigenvalue weighted by atomic mass is 79.9. The number of benzene rings is 1. The molecule has 0 unspecified atom stereocenters. The fraction of sp³-hybridized carbons (Fsp3) is 0.167. The Morgan fingerprint density at radius 1 is 1.43 bits per heavy atom. The number of aryl methyl sites for hydroxylation is 1. The van der Waals surface area contributed by atoms with E-state index < -0.39 is 16.0 Å². The number of nitrogens with one attached hydrogen (secondary N) is 1. The van der Waals surface area contributed by atoms with Gasteiger partial charge in [0, 0.05) is 10.5 Å². The van der Waals surface area contributed by atoms with Crippen LogP contribution in [0.2, 0.25) is 0 Å². The van der Waals surface area contributed by atoms with E-state index >= 15 is 0 Å². The maximum atomic E-state index is 12.1. The Bertz CT molecular complexity index is 785. The molecule has 0 saturated heterocycles. The van der Waals surface area contributed by atoms with Crippen molar-refractivity contribution in [1.29, 1.82) is 0 Å². The smallest absolute Gasteiger partial charge is 0.336 e. The lowest BCUT2D eigenvalue weighted by molar-refractivity contribution is 0.0695. The minimum Gasteiger partial charge on any atom is -0.478 e. The Labute approximate surface area is 129 Å². The number of carbonyl (C=O) groups is 1. The van der Waals surface area contributed by atoms with Gasteiger partial charge in [-0.05, 0) is 41.1 Å². The summed E-state index contributed by atoms with van der Waals surface area (Å²) in [6.07, 6.45) is 0. The first-order valence-corrected chi connectivity index (χ1v) is 8.02. The summed E-state index contributed by atoms with van der Waals surface area (Å²) in [7, 11) is -3.84. The summed E-state index contributed by atoms with van der Waals surface area (Å²) >= 11 is 3.06. The molecule has 2 aromatic rings. The Morgan fingerprint density at radius 3 is 2.71 bits per heavy atom. The molecule has 1 heterocycles. The van der Waals surface area contributed by atoms with E-state index in [9.17, 15) is 13.2 Å². The normalized spacial score (nSPS) is 11.5. The fourth-order valence-electron chi connectivity index (χ4n) is 1.58. The number of aromatic carboxylic acids is 1. The lowest BCUT2D eigenvalue weighted by Gasteiger charge is -2.07. The number of hydrogen-bond donors (Lipinski definition) is 2. The van der Waals surface area contributed by atoms with Gasteiger partial charge in [-0.3, -0.25) is 0 Å². The monoisotopic (exact) mass is 374 g/mol. The van der Waals surface area contributed by atoms with Crippen LogP contribution in [0.4, 0.5) is 0 Å². The van der Waals surface area contributed by atoms with Crippen LogP contribution in [-0.2, 0) is 16.6 Å². The summed E-state index contributed by atoms with van der Waals surface area (Å²) in [6.45, 7) is 1.65. The van der Waals surface area contributed by atoms with E-state index in [1.807, 2.05) is 0 Å². The van der Waals surface area contributed by atoms with Gasteiger partial charge in [0.15, 0.2) is 5.76 Å². The zero-order valence-corrected chi connectivity index (χ0v) is 13.2. The van der Waals surface area contributed by atoms with E-state index in [2.05, 4.69) is 25.8 Å². The summed E-state index contributed by atoms with van der Waals surface area (Å²) in [5.74, 6) is -0.851. The number of hydrogen-bond acceptors (Lipinski definition) is 5. The second kappa shape index (κ2) is 5.96. The van der Waals surface area contributed by atoms with Gasteiger partial charge >= 0.3 is 5.97 Å². The number of halogens is 1. The number of carboxylic acids is 1. The SMILES string of the molecule is Cc1cc(CNS(=O)(=O)c2ccc(Br)c(C(=O)O)c2)on1. The zero-order chi connectivity index (χ0) is 15.6. The molecule has 7 nitrogen and oxygen atoms in total. The van der Waals surface area contributed by atoms with Gasteiger partial charge in [-0.1, -0.05) is 5.16 Å². The largest absolute Gasteiger partial charge is 0.478 e. The van der Waals surface area contributed by atoms with Gasteiger partial charge in [0.05, 0.1) is 22.7 Å². The molecule has 0 radical (unpaired) electrons. The highest BCUT2D eigenvalue weighted by Gasteiger charge is 2.18. The van der Waals surface area contributed by atoms with Crippen LogP contribution in [0, 0.1) is 6.92 Å². The number of rotatable bonds is 5. The third kappa shape index (κ3) is 3.69. The minimum atomic E-state index is -3.84. The Hall–Kier alpha value is -1.71. The van der Waals surface area contributed by atoms with Gasteiger partial charge in [-0.25, -0.2) is 17.9 Å². The molecule has 21 heavy (non-hydrogen) atoms. The van der Waals surface area contributed by atoms with Gasteiger partial charge in [-0.15, -0.1) is 0 Å². The lowest BCUT2D eigenvalue weighted by Crippen LogP contribution is -2.23. The third-order valence-electron chi connectivity index (χ3n) is 2.59. The van der Waals surface area contributed by atoms with Gasteiger partial charge < -0.3 is 9.63 Å². The first-order chi connectivity index (χ1) is 9.79. The van der Waals surface area contributed by atoms with Crippen LogP contribution in [0.15, 0.2) is 38.2 Å². The summed E-state index contributed by atoms with van der Waals surface area (Å²) < 4.78 is 31.8. The van der Waals surface area contributed by atoms with Crippen molar-refractivity contribution in [2.24, 2.45) is 0 Å². The maximum Gasteiger partial charge on any atom is 0.336 e. The van der Waals surface area contributed by atoms with Crippen LogP contribution in [0.1, 0.15) is 21.8 Å². The maximum absolute atomic E-state index is 12.1. The van der Waals surface area contributed by atoms with Crippen LogP contribution >= 0.6 is 15.9 Å². The van der Waals surface area contributed by atoms with E-state index in [-0.39, 0.29) is 17.0 Å². The molecule has 2 N–H and O–H groups in total. The summed E-state index contributed by atoms with van der Waals surface area (Å²) in [6, 6.07) is 5.37. The highest BCUT2D eigenvalue weighted by molar-refractivity contribution is 9.10. The standard InChI is InChI=1S/C12H11BrN2O5S/c1-7-4-8(20-15-7)6-14-21(18,19)9-2-3-11(13)10(5-9)12(16)17/h2-5,14H,6H2,1H3,(H,16,17). The molecule has 0 fully saturated rings. The van der Waals surface area contributed by atoms with Crippen molar-refractivity contribution >= 4 is 31.9 Å². The molecule has 0 aliphatic carbocycles. The van der Waals surface area contributed by atoms with Crippen molar-refractivity contribution in [3.8, 4) is 0 Å². The van der Waals surface area contributed by atoms with Crippen molar-refractivity contribution in [1.82, 2.24) is 9.88 Å². The molecule has 0 amide bonds.